The molecule has 0 radical (unpaired) electrons. The Bertz CT molecular complexity index is 1430. The highest BCUT2D eigenvalue weighted by Crippen LogP contribution is 2.38. The first-order valence-corrected chi connectivity index (χ1v) is 12.6. The van der Waals surface area contributed by atoms with Crippen molar-refractivity contribution in [2.45, 2.75) is 45.1 Å². The number of anilines is 2. The van der Waals surface area contributed by atoms with Crippen molar-refractivity contribution >= 4 is 29.5 Å². The third-order valence-electron chi connectivity index (χ3n) is 6.09. The zero-order valence-corrected chi connectivity index (χ0v) is 22.8. The minimum atomic E-state index is -5.07. The van der Waals surface area contributed by atoms with Crippen molar-refractivity contribution in [1.82, 2.24) is 0 Å². The Balaban J connectivity index is 1.96. The number of alkyl halides is 6. The zero-order chi connectivity index (χ0) is 31.3. The lowest BCUT2D eigenvalue weighted by Crippen LogP contribution is -2.34. The maximum atomic E-state index is 13.4. The van der Waals surface area contributed by atoms with Gasteiger partial charge < -0.3 is 10.4 Å². The standard InChI is InChI=1S/C31H28F6N2O3/c1-29(2,3)22-12-14-26(15-13-22)39(19-21-10-8-20(9-11-21)6-4-5-7-27(40)41)28(42)38-25-17-23(30(32,33)34)16-24(18-25)31(35,36)37/h4-18H,19H2,1-3H3,(H,38,42)(H,40,41). The first-order valence-electron chi connectivity index (χ1n) is 12.6. The average Bonchev–Trinajstić information content (AvgIpc) is 2.89. The number of rotatable bonds is 7. The Hall–Kier alpha value is -4.54. The van der Waals surface area contributed by atoms with Crippen LogP contribution in [-0.2, 0) is 29.1 Å². The summed E-state index contributed by atoms with van der Waals surface area (Å²) < 4.78 is 80.2. The van der Waals surface area contributed by atoms with Crippen LogP contribution in [0.1, 0.15) is 48.6 Å². The van der Waals surface area contributed by atoms with Crippen LogP contribution < -0.4 is 10.2 Å². The highest BCUT2D eigenvalue weighted by atomic mass is 19.4. The number of aliphatic carboxylic acids is 1. The number of amides is 2. The lowest BCUT2D eigenvalue weighted by atomic mass is 9.87. The lowest BCUT2D eigenvalue weighted by molar-refractivity contribution is -0.143. The van der Waals surface area contributed by atoms with Gasteiger partial charge in [0.15, 0.2) is 0 Å². The molecule has 3 aromatic rings. The number of allylic oxidation sites excluding steroid dienone is 2. The smallest absolute Gasteiger partial charge is 0.416 e. The van der Waals surface area contributed by atoms with E-state index in [0.717, 1.165) is 17.2 Å². The predicted molar refractivity (Wildman–Crippen MR) is 149 cm³/mol. The number of hydrogen-bond acceptors (Lipinski definition) is 2. The number of urea groups is 1. The molecular formula is C31H28F6N2O3. The number of carboxylic acid groups (broad SMARTS) is 1. The summed E-state index contributed by atoms with van der Waals surface area (Å²) in [5.41, 5.74) is -1.30. The van der Waals surface area contributed by atoms with E-state index in [1.807, 2.05) is 20.8 Å². The third kappa shape index (κ3) is 8.98. The Kier molecular flexibility index (Phi) is 9.55. The molecule has 0 aromatic heterocycles. The first-order chi connectivity index (χ1) is 19.4. The summed E-state index contributed by atoms with van der Waals surface area (Å²) in [5.74, 6) is -1.09. The van der Waals surface area contributed by atoms with Gasteiger partial charge in [0.05, 0.1) is 17.7 Å². The summed E-state index contributed by atoms with van der Waals surface area (Å²) >= 11 is 0. The minimum absolute atomic E-state index is 0.00783. The van der Waals surface area contributed by atoms with Crippen LogP contribution in [-0.4, -0.2) is 17.1 Å². The molecule has 0 spiro atoms. The van der Waals surface area contributed by atoms with Gasteiger partial charge in [-0.1, -0.05) is 75.4 Å². The highest BCUT2D eigenvalue weighted by molar-refractivity contribution is 6.01. The van der Waals surface area contributed by atoms with E-state index in [9.17, 15) is 35.9 Å². The van der Waals surface area contributed by atoms with Crippen LogP contribution in [0.15, 0.2) is 85.0 Å². The molecular weight excluding hydrogens is 562 g/mol. The number of carboxylic acids is 1. The normalized spacial score (nSPS) is 12.6. The molecule has 0 aliphatic carbocycles. The van der Waals surface area contributed by atoms with Gasteiger partial charge in [-0.2, -0.15) is 26.3 Å². The number of halogens is 6. The maximum absolute atomic E-state index is 13.4. The molecule has 0 unspecified atom stereocenters. The Morgan fingerprint density at radius 2 is 1.33 bits per heavy atom. The van der Waals surface area contributed by atoms with Crippen LogP contribution in [0.25, 0.3) is 6.08 Å². The van der Waals surface area contributed by atoms with E-state index in [1.165, 1.54) is 17.1 Å². The number of benzene rings is 3. The molecule has 3 rings (SSSR count). The topological polar surface area (TPSA) is 69.6 Å². The van der Waals surface area contributed by atoms with Crippen LogP contribution in [0.3, 0.4) is 0 Å². The summed E-state index contributed by atoms with van der Waals surface area (Å²) in [5, 5.41) is 10.9. The fraction of sp³-hybridized carbons (Fsp3) is 0.226. The Morgan fingerprint density at radius 3 is 1.81 bits per heavy atom. The predicted octanol–water partition coefficient (Wildman–Crippen LogP) is 8.91. The van der Waals surface area contributed by atoms with Gasteiger partial charge in [0.2, 0.25) is 0 Å². The van der Waals surface area contributed by atoms with Gasteiger partial charge in [-0.3, -0.25) is 4.90 Å². The van der Waals surface area contributed by atoms with Gasteiger partial charge in [-0.25, -0.2) is 9.59 Å². The fourth-order valence-electron chi connectivity index (χ4n) is 3.86. The molecule has 42 heavy (non-hydrogen) atoms. The number of hydrogen-bond donors (Lipinski definition) is 2. The lowest BCUT2D eigenvalue weighted by Gasteiger charge is -2.26. The maximum Gasteiger partial charge on any atom is 0.416 e. The summed E-state index contributed by atoms with van der Waals surface area (Å²) in [6, 6.07) is 13.7. The van der Waals surface area contributed by atoms with Crippen molar-refractivity contribution < 1.29 is 41.0 Å². The third-order valence-corrected chi connectivity index (χ3v) is 6.09. The van der Waals surface area contributed by atoms with Crippen molar-refractivity contribution in [1.29, 1.82) is 0 Å². The number of carbonyl (C=O) groups is 2. The Labute approximate surface area is 238 Å². The van der Waals surface area contributed by atoms with Gasteiger partial charge >= 0.3 is 24.4 Å². The summed E-state index contributed by atoms with van der Waals surface area (Å²) in [6.07, 6.45) is -4.63. The molecule has 2 N–H and O–H groups in total. The van der Waals surface area contributed by atoms with Gasteiger partial charge in [0, 0.05) is 17.5 Å². The van der Waals surface area contributed by atoms with E-state index in [4.69, 9.17) is 5.11 Å². The highest BCUT2D eigenvalue weighted by Gasteiger charge is 2.37. The minimum Gasteiger partial charge on any atom is -0.478 e. The van der Waals surface area contributed by atoms with Gasteiger partial charge in [-0.05, 0) is 52.4 Å². The van der Waals surface area contributed by atoms with Crippen LogP contribution in [0, 0.1) is 0 Å². The molecule has 0 aliphatic heterocycles. The van der Waals surface area contributed by atoms with Crippen molar-refractivity contribution in [2.24, 2.45) is 0 Å². The van der Waals surface area contributed by atoms with E-state index < -0.39 is 41.2 Å². The van der Waals surface area contributed by atoms with Crippen LogP contribution >= 0.6 is 0 Å². The number of nitrogens with zero attached hydrogens (tertiary/aromatic N) is 1. The zero-order valence-electron chi connectivity index (χ0n) is 22.8. The summed E-state index contributed by atoms with van der Waals surface area (Å²) in [6.45, 7) is 5.91. The van der Waals surface area contributed by atoms with E-state index in [2.05, 4.69) is 5.32 Å². The quantitative estimate of drug-likeness (QED) is 0.164. The second-order valence-electron chi connectivity index (χ2n) is 10.4. The molecule has 0 fully saturated rings. The Morgan fingerprint density at radius 1 is 0.786 bits per heavy atom. The van der Waals surface area contributed by atoms with Crippen LogP contribution in [0.2, 0.25) is 0 Å². The van der Waals surface area contributed by atoms with E-state index in [-0.39, 0.29) is 18.0 Å². The van der Waals surface area contributed by atoms with Crippen LogP contribution in [0.4, 0.5) is 42.5 Å². The summed E-state index contributed by atoms with van der Waals surface area (Å²) in [7, 11) is 0. The first kappa shape index (κ1) is 32.0. The van der Waals surface area contributed by atoms with Crippen molar-refractivity contribution in [3.63, 3.8) is 0 Å². The fourth-order valence-corrected chi connectivity index (χ4v) is 3.86. The number of nitrogens with one attached hydrogen (secondary N) is 1. The molecule has 0 aliphatic rings. The van der Waals surface area contributed by atoms with Gasteiger partial charge in [0.1, 0.15) is 0 Å². The average molecular weight is 591 g/mol. The molecule has 0 heterocycles. The molecule has 0 saturated heterocycles. The molecule has 3 aromatic carbocycles. The second kappa shape index (κ2) is 12.5. The molecule has 11 heteroatoms. The van der Waals surface area contributed by atoms with E-state index in [0.29, 0.717) is 23.4 Å². The van der Waals surface area contributed by atoms with Crippen molar-refractivity contribution in [3.8, 4) is 0 Å². The van der Waals surface area contributed by atoms with Gasteiger partial charge in [0.25, 0.3) is 0 Å². The molecule has 0 atom stereocenters. The molecule has 0 bridgehead atoms. The molecule has 2 amide bonds. The van der Waals surface area contributed by atoms with Crippen LogP contribution in [0.5, 0.6) is 0 Å². The molecule has 0 saturated carbocycles. The number of carbonyl (C=O) groups excluding carboxylic acids is 1. The van der Waals surface area contributed by atoms with E-state index >= 15 is 0 Å². The second-order valence-corrected chi connectivity index (χ2v) is 10.4. The molecule has 222 valence electrons. The molecule has 5 nitrogen and oxygen atoms in total. The largest absolute Gasteiger partial charge is 0.478 e. The SMILES string of the molecule is CC(C)(C)c1ccc(N(Cc2ccc(C=CC=CC(=O)O)cc2)C(=O)Nc2cc(C(F)(F)F)cc(C(F)(F)F)c2)cc1. The van der Waals surface area contributed by atoms with Crippen molar-refractivity contribution in [2.75, 3.05) is 10.2 Å². The van der Waals surface area contributed by atoms with E-state index in [1.54, 1.807) is 54.6 Å². The van der Waals surface area contributed by atoms with Crippen molar-refractivity contribution in [3.05, 3.63) is 113 Å². The van der Waals surface area contributed by atoms with Gasteiger partial charge in [-0.15, -0.1) is 0 Å². The summed E-state index contributed by atoms with van der Waals surface area (Å²) in [4.78, 5) is 25.2. The monoisotopic (exact) mass is 590 g/mol.